The van der Waals surface area contributed by atoms with E-state index in [1.165, 1.54) is 0 Å². The van der Waals surface area contributed by atoms with Gasteiger partial charge in [0.05, 0.1) is 18.6 Å². The Balaban J connectivity index is 1.04. The molecule has 7 heteroatoms. The summed E-state index contributed by atoms with van der Waals surface area (Å²) in [5.41, 5.74) is 1.90. The van der Waals surface area contributed by atoms with Crippen LogP contribution in [0, 0.1) is 17.8 Å². The third-order valence-corrected chi connectivity index (χ3v) is 8.04. The van der Waals surface area contributed by atoms with E-state index < -0.39 is 0 Å². The number of nitrogens with zero attached hydrogens (tertiary/aromatic N) is 2. The SMILES string of the molecule is O=C(NC(CCN1CC2CN(C(=O)c3cc4ccccc4o3)C[C@@H]2C1)c1ccccc1)C1CCOC1. The van der Waals surface area contributed by atoms with Crippen LogP contribution in [0.25, 0.3) is 11.0 Å². The van der Waals surface area contributed by atoms with Gasteiger partial charge in [0.2, 0.25) is 5.91 Å². The quantitative estimate of drug-likeness (QED) is 0.550. The summed E-state index contributed by atoms with van der Waals surface area (Å²) in [7, 11) is 0. The standard InChI is InChI=1S/C29H33N3O4/c33-28(22-11-13-35-19-22)30-25(20-6-2-1-3-7-20)10-12-31-15-23-17-32(18-24(23)16-31)29(34)27-14-21-8-4-5-9-26(21)36-27/h1-9,14,22-25H,10-13,15-19H2,(H,30,33)/t22?,23-,24?,25?/m0/s1. The van der Waals surface area contributed by atoms with Crippen molar-refractivity contribution in [2.24, 2.45) is 17.8 Å². The number of hydrogen-bond donors (Lipinski definition) is 1. The van der Waals surface area contributed by atoms with Gasteiger partial charge in [-0.15, -0.1) is 0 Å². The highest BCUT2D eigenvalue weighted by Crippen LogP contribution is 2.33. The molecule has 3 saturated heterocycles. The van der Waals surface area contributed by atoms with E-state index in [2.05, 4.69) is 22.3 Å². The summed E-state index contributed by atoms with van der Waals surface area (Å²) in [5.74, 6) is 1.45. The summed E-state index contributed by atoms with van der Waals surface area (Å²) < 4.78 is 11.2. The Kier molecular flexibility index (Phi) is 6.50. The van der Waals surface area contributed by atoms with Crippen LogP contribution in [-0.2, 0) is 9.53 Å². The van der Waals surface area contributed by atoms with E-state index in [1.54, 1.807) is 0 Å². The predicted octanol–water partition coefficient (Wildman–Crippen LogP) is 3.72. The van der Waals surface area contributed by atoms with Gasteiger partial charge < -0.3 is 24.3 Å². The maximum Gasteiger partial charge on any atom is 0.289 e. The van der Waals surface area contributed by atoms with Gasteiger partial charge in [0.15, 0.2) is 5.76 Å². The van der Waals surface area contributed by atoms with E-state index >= 15 is 0 Å². The Morgan fingerprint density at radius 1 is 0.972 bits per heavy atom. The van der Waals surface area contributed by atoms with Crippen molar-refractivity contribution in [3.8, 4) is 0 Å². The maximum absolute atomic E-state index is 13.1. The molecule has 3 aliphatic heterocycles. The van der Waals surface area contributed by atoms with Crippen LogP contribution in [-0.4, -0.2) is 67.6 Å². The minimum absolute atomic E-state index is 0.00473. The summed E-state index contributed by atoms with van der Waals surface area (Å²) in [6, 6.07) is 19.8. The first-order chi connectivity index (χ1) is 17.6. The summed E-state index contributed by atoms with van der Waals surface area (Å²) in [4.78, 5) is 30.3. The van der Waals surface area contributed by atoms with Crippen LogP contribution in [0.4, 0.5) is 0 Å². The second kappa shape index (κ2) is 10.1. The lowest BCUT2D eigenvalue weighted by molar-refractivity contribution is -0.125. The summed E-state index contributed by atoms with van der Waals surface area (Å²) in [6.45, 7) is 5.63. The minimum Gasteiger partial charge on any atom is -0.451 e. The molecule has 3 unspecified atom stereocenters. The first-order valence-electron chi connectivity index (χ1n) is 13.1. The number of amides is 2. The minimum atomic E-state index is -0.0439. The van der Waals surface area contributed by atoms with Crippen LogP contribution < -0.4 is 5.32 Å². The zero-order valence-corrected chi connectivity index (χ0v) is 20.5. The molecule has 3 aromatic rings. The largest absolute Gasteiger partial charge is 0.451 e. The van der Waals surface area contributed by atoms with Crippen LogP contribution in [0.3, 0.4) is 0 Å². The monoisotopic (exact) mass is 487 g/mol. The number of likely N-dealkylation sites (tertiary alicyclic amines) is 2. The fourth-order valence-electron chi connectivity index (χ4n) is 6.03. The van der Waals surface area contributed by atoms with Gasteiger partial charge >= 0.3 is 0 Å². The highest BCUT2D eigenvalue weighted by molar-refractivity contribution is 5.96. The molecule has 0 bridgehead atoms. The Morgan fingerprint density at radius 2 is 1.72 bits per heavy atom. The van der Waals surface area contributed by atoms with Gasteiger partial charge in [-0.05, 0) is 42.4 Å². The number of fused-ring (bicyclic) bond motifs is 2. The molecule has 6 rings (SSSR count). The van der Waals surface area contributed by atoms with Crippen molar-refractivity contribution >= 4 is 22.8 Å². The van der Waals surface area contributed by atoms with Crippen molar-refractivity contribution in [1.82, 2.24) is 15.1 Å². The van der Waals surface area contributed by atoms with Crippen molar-refractivity contribution in [2.45, 2.75) is 18.9 Å². The van der Waals surface area contributed by atoms with E-state index in [-0.39, 0.29) is 23.8 Å². The van der Waals surface area contributed by atoms with Gasteiger partial charge in [-0.2, -0.15) is 0 Å². The lowest BCUT2D eigenvalue weighted by Crippen LogP contribution is -2.37. The lowest BCUT2D eigenvalue weighted by atomic mass is 10.0. The van der Waals surface area contributed by atoms with Crippen LogP contribution >= 0.6 is 0 Å². The molecule has 0 radical (unpaired) electrons. The molecule has 1 N–H and O–H groups in total. The molecule has 0 spiro atoms. The molecule has 2 amide bonds. The van der Waals surface area contributed by atoms with Gasteiger partial charge in [-0.3, -0.25) is 9.59 Å². The molecule has 36 heavy (non-hydrogen) atoms. The first-order valence-corrected chi connectivity index (χ1v) is 13.1. The normalized spacial score (nSPS) is 24.8. The van der Waals surface area contributed by atoms with Crippen molar-refractivity contribution in [2.75, 3.05) is 45.9 Å². The number of rotatable bonds is 7. The van der Waals surface area contributed by atoms with Crippen LogP contribution in [0.5, 0.6) is 0 Å². The topological polar surface area (TPSA) is 75.0 Å². The van der Waals surface area contributed by atoms with Crippen molar-refractivity contribution in [1.29, 1.82) is 0 Å². The number of ether oxygens (including phenoxy) is 1. The summed E-state index contributed by atoms with van der Waals surface area (Å²) >= 11 is 0. The molecule has 4 heterocycles. The zero-order valence-electron chi connectivity index (χ0n) is 20.5. The van der Waals surface area contributed by atoms with Crippen LogP contribution in [0.2, 0.25) is 0 Å². The molecule has 188 valence electrons. The predicted molar refractivity (Wildman–Crippen MR) is 136 cm³/mol. The highest BCUT2D eigenvalue weighted by atomic mass is 16.5. The third kappa shape index (κ3) is 4.77. The first kappa shape index (κ1) is 23.3. The van der Waals surface area contributed by atoms with E-state index in [9.17, 15) is 9.59 Å². The van der Waals surface area contributed by atoms with E-state index in [4.69, 9.17) is 9.15 Å². The Morgan fingerprint density at radius 3 is 2.44 bits per heavy atom. The Hall–Kier alpha value is -3.16. The lowest BCUT2D eigenvalue weighted by Gasteiger charge is -2.25. The molecular weight excluding hydrogens is 454 g/mol. The maximum atomic E-state index is 13.1. The Labute approximate surface area is 211 Å². The molecule has 2 aromatic carbocycles. The average Bonchev–Trinajstić information content (AvgIpc) is 3.69. The molecule has 0 aliphatic carbocycles. The number of furan rings is 1. The Bertz CT molecular complexity index is 1170. The fourth-order valence-corrected chi connectivity index (χ4v) is 6.03. The highest BCUT2D eigenvalue weighted by Gasteiger charge is 2.42. The summed E-state index contributed by atoms with van der Waals surface area (Å²) in [5, 5.41) is 4.26. The average molecular weight is 488 g/mol. The molecule has 0 saturated carbocycles. The zero-order chi connectivity index (χ0) is 24.5. The molecule has 3 fully saturated rings. The van der Waals surface area contributed by atoms with E-state index in [1.807, 2.05) is 53.4 Å². The number of carbonyl (C=O) groups excluding carboxylic acids is 2. The second-order valence-corrected chi connectivity index (χ2v) is 10.5. The number of hydrogen-bond acceptors (Lipinski definition) is 5. The molecule has 1 aromatic heterocycles. The second-order valence-electron chi connectivity index (χ2n) is 10.5. The van der Waals surface area contributed by atoms with Gasteiger partial charge in [-0.1, -0.05) is 48.5 Å². The van der Waals surface area contributed by atoms with Crippen molar-refractivity contribution in [3.63, 3.8) is 0 Å². The smallest absolute Gasteiger partial charge is 0.289 e. The number of para-hydroxylation sites is 1. The third-order valence-electron chi connectivity index (χ3n) is 8.04. The fraction of sp³-hybridized carbons (Fsp3) is 0.448. The molecule has 3 aliphatic rings. The van der Waals surface area contributed by atoms with Crippen molar-refractivity contribution < 1.29 is 18.7 Å². The molecule has 4 atom stereocenters. The van der Waals surface area contributed by atoms with E-state index in [0.717, 1.165) is 62.1 Å². The van der Waals surface area contributed by atoms with Gasteiger partial charge in [0, 0.05) is 44.7 Å². The summed E-state index contributed by atoms with van der Waals surface area (Å²) in [6.07, 6.45) is 1.66. The molecular formula is C29H33N3O4. The number of carbonyl (C=O) groups is 2. The molecule has 7 nitrogen and oxygen atoms in total. The number of nitrogens with one attached hydrogen (secondary N) is 1. The van der Waals surface area contributed by atoms with Gasteiger partial charge in [0.1, 0.15) is 5.58 Å². The van der Waals surface area contributed by atoms with Gasteiger partial charge in [-0.25, -0.2) is 0 Å². The van der Waals surface area contributed by atoms with Crippen LogP contribution in [0.1, 0.15) is 35.0 Å². The van der Waals surface area contributed by atoms with E-state index in [0.29, 0.717) is 30.8 Å². The number of benzene rings is 2. The van der Waals surface area contributed by atoms with Crippen LogP contribution in [0.15, 0.2) is 65.1 Å². The van der Waals surface area contributed by atoms with Crippen molar-refractivity contribution in [3.05, 3.63) is 72.0 Å². The van der Waals surface area contributed by atoms with Gasteiger partial charge in [0.25, 0.3) is 5.91 Å².